The number of carbonyl (C=O) groups is 1. The number of aryl methyl sites for hydroxylation is 2. The summed E-state index contributed by atoms with van der Waals surface area (Å²) in [7, 11) is -1.76. The van der Waals surface area contributed by atoms with Crippen LogP contribution in [0.3, 0.4) is 0 Å². The lowest BCUT2D eigenvalue weighted by Gasteiger charge is -2.15. The lowest BCUT2D eigenvalue weighted by Crippen LogP contribution is -2.27. The smallest absolute Gasteiger partial charge is 0.322 e. The largest absolute Gasteiger partial charge is 0.401 e. The molecule has 11 heteroatoms. The van der Waals surface area contributed by atoms with E-state index in [0.29, 0.717) is 18.8 Å². The molecule has 0 aliphatic carbocycles. The summed E-state index contributed by atoms with van der Waals surface area (Å²) in [6, 6.07) is 7.51. The number of nitrogens with one attached hydrogen (secondary N) is 1. The Balaban J connectivity index is 1.47. The van der Waals surface area contributed by atoms with Gasteiger partial charge in [0, 0.05) is 25.7 Å². The molecule has 10 nitrogen and oxygen atoms in total. The monoisotopic (exact) mass is 416 g/mol. The minimum Gasteiger partial charge on any atom is -0.401 e. The summed E-state index contributed by atoms with van der Waals surface area (Å²) in [6.45, 7) is 2.90. The molecular weight excluding hydrogens is 396 g/mol. The summed E-state index contributed by atoms with van der Waals surface area (Å²) < 4.78 is 33.7. The normalized spacial score (nSPS) is 15.0. The average molecular weight is 416 g/mol. The number of benzene rings is 1. The van der Waals surface area contributed by atoms with Crippen molar-refractivity contribution in [2.75, 3.05) is 18.4 Å². The van der Waals surface area contributed by atoms with Crippen LogP contribution in [0.4, 0.5) is 6.01 Å². The maximum Gasteiger partial charge on any atom is 0.322 e. The lowest BCUT2D eigenvalue weighted by molar-refractivity contribution is 0.102. The van der Waals surface area contributed by atoms with Gasteiger partial charge in [-0.2, -0.15) is 9.40 Å². The second-order valence-corrected chi connectivity index (χ2v) is 8.73. The van der Waals surface area contributed by atoms with Gasteiger partial charge in [-0.3, -0.25) is 14.8 Å². The minimum absolute atomic E-state index is 0.0578. The molecule has 1 aliphatic rings. The van der Waals surface area contributed by atoms with Crippen molar-refractivity contribution in [2.24, 2.45) is 7.05 Å². The third-order valence-corrected chi connectivity index (χ3v) is 6.60. The van der Waals surface area contributed by atoms with Gasteiger partial charge in [0.25, 0.3) is 11.8 Å². The molecule has 0 bridgehead atoms. The summed E-state index contributed by atoms with van der Waals surface area (Å²) >= 11 is 0. The van der Waals surface area contributed by atoms with E-state index in [1.165, 1.54) is 28.6 Å². The summed E-state index contributed by atoms with van der Waals surface area (Å²) in [4.78, 5) is 12.6. The van der Waals surface area contributed by atoms with Crippen LogP contribution in [-0.4, -0.2) is 51.7 Å². The number of hydrogen-bond donors (Lipinski definition) is 1. The van der Waals surface area contributed by atoms with E-state index in [4.69, 9.17) is 4.42 Å². The van der Waals surface area contributed by atoms with Crippen molar-refractivity contribution < 1.29 is 17.6 Å². The number of amides is 1. The van der Waals surface area contributed by atoms with E-state index in [1.54, 1.807) is 17.8 Å². The number of nitrogens with zero attached hydrogens (tertiary/aromatic N) is 5. The Morgan fingerprint density at radius 3 is 2.45 bits per heavy atom. The van der Waals surface area contributed by atoms with Gasteiger partial charge in [0.1, 0.15) is 5.69 Å². The van der Waals surface area contributed by atoms with E-state index in [2.05, 4.69) is 20.6 Å². The number of hydrogen-bond acceptors (Lipinski definition) is 7. The van der Waals surface area contributed by atoms with Crippen molar-refractivity contribution in [3.05, 3.63) is 41.6 Å². The van der Waals surface area contributed by atoms with Gasteiger partial charge in [0.15, 0.2) is 0 Å². The minimum atomic E-state index is -3.52. The molecule has 152 valence electrons. The van der Waals surface area contributed by atoms with E-state index >= 15 is 0 Å². The number of aromatic nitrogens is 4. The second-order valence-electron chi connectivity index (χ2n) is 6.80. The van der Waals surface area contributed by atoms with Gasteiger partial charge in [0.2, 0.25) is 10.0 Å². The molecule has 3 heterocycles. The van der Waals surface area contributed by atoms with Crippen molar-refractivity contribution in [3.8, 4) is 11.6 Å². The summed E-state index contributed by atoms with van der Waals surface area (Å²) in [6.07, 6.45) is 1.73. The molecule has 1 saturated heterocycles. The lowest BCUT2D eigenvalue weighted by atomic mass is 10.2. The molecule has 0 unspecified atom stereocenters. The standard InChI is InChI=1S/C18H20N6O4S/c1-12-11-15(23(2)22-12)17-20-21-18(28-17)19-16(25)13-5-7-14(8-6-13)29(26,27)24-9-3-4-10-24/h5-8,11H,3-4,9-10H2,1-2H3,(H,19,21,25). The third kappa shape index (κ3) is 3.78. The molecule has 2 aromatic heterocycles. The Bertz CT molecular complexity index is 1140. The zero-order valence-electron chi connectivity index (χ0n) is 16.0. The fourth-order valence-corrected chi connectivity index (χ4v) is 4.73. The Kier molecular flexibility index (Phi) is 4.92. The van der Waals surface area contributed by atoms with Crippen molar-refractivity contribution in [1.29, 1.82) is 0 Å². The average Bonchev–Trinajstić information content (AvgIpc) is 3.43. The molecule has 1 aromatic carbocycles. The first-order chi connectivity index (χ1) is 13.8. The molecule has 1 amide bonds. The van der Waals surface area contributed by atoms with Gasteiger partial charge < -0.3 is 4.42 Å². The van der Waals surface area contributed by atoms with E-state index in [9.17, 15) is 13.2 Å². The van der Waals surface area contributed by atoms with Crippen LogP contribution < -0.4 is 5.32 Å². The Hall–Kier alpha value is -3.05. The van der Waals surface area contributed by atoms with Crippen molar-refractivity contribution >= 4 is 21.9 Å². The number of sulfonamides is 1. The molecule has 1 aliphatic heterocycles. The maximum absolute atomic E-state index is 12.6. The van der Waals surface area contributed by atoms with Gasteiger partial charge in [-0.1, -0.05) is 5.10 Å². The van der Waals surface area contributed by atoms with Crippen LogP contribution in [0.1, 0.15) is 28.9 Å². The Morgan fingerprint density at radius 2 is 1.83 bits per heavy atom. The van der Waals surface area contributed by atoms with Crippen LogP contribution >= 0.6 is 0 Å². The summed E-state index contributed by atoms with van der Waals surface area (Å²) in [5, 5.41) is 14.5. The fraction of sp³-hybridized carbons (Fsp3) is 0.333. The third-order valence-electron chi connectivity index (χ3n) is 4.69. The highest BCUT2D eigenvalue weighted by Gasteiger charge is 2.27. The van der Waals surface area contributed by atoms with Crippen molar-refractivity contribution in [2.45, 2.75) is 24.7 Å². The molecule has 0 spiro atoms. The highest BCUT2D eigenvalue weighted by Crippen LogP contribution is 2.22. The van der Waals surface area contributed by atoms with E-state index in [1.807, 2.05) is 6.92 Å². The Morgan fingerprint density at radius 1 is 1.14 bits per heavy atom. The molecule has 1 N–H and O–H groups in total. The number of carbonyl (C=O) groups excluding carboxylic acids is 1. The van der Waals surface area contributed by atoms with Gasteiger partial charge in [-0.15, -0.1) is 5.10 Å². The molecule has 1 fully saturated rings. The predicted octanol–water partition coefficient (Wildman–Crippen LogP) is 1.82. The summed E-state index contributed by atoms with van der Waals surface area (Å²) in [5.41, 5.74) is 1.71. The SMILES string of the molecule is Cc1cc(-c2nnc(NC(=O)c3ccc(S(=O)(=O)N4CCCC4)cc3)o2)n(C)n1. The van der Waals surface area contributed by atoms with Crippen molar-refractivity contribution in [1.82, 2.24) is 24.3 Å². The topological polar surface area (TPSA) is 123 Å². The number of anilines is 1. The first-order valence-corrected chi connectivity index (χ1v) is 10.5. The van der Waals surface area contributed by atoms with Crippen LogP contribution in [0.2, 0.25) is 0 Å². The predicted molar refractivity (Wildman–Crippen MR) is 104 cm³/mol. The first kappa shape index (κ1) is 19.3. The number of rotatable bonds is 5. The van der Waals surface area contributed by atoms with Crippen LogP contribution in [-0.2, 0) is 17.1 Å². The van der Waals surface area contributed by atoms with E-state index in [-0.39, 0.29) is 22.4 Å². The van der Waals surface area contributed by atoms with Gasteiger partial charge in [0.05, 0.1) is 10.6 Å². The molecule has 0 radical (unpaired) electrons. The molecule has 29 heavy (non-hydrogen) atoms. The molecule has 3 aromatic rings. The van der Waals surface area contributed by atoms with Gasteiger partial charge in [-0.05, 0) is 50.1 Å². The van der Waals surface area contributed by atoms with Gasteiger partial charge >= 0.3 is 6.01 Å². The van der Waals surface area contributed by atoms with Crippen LogP contribution in [0.5, 0.6) is 0 Å². The maximum atomic E-state index is 12.6. The fourth-order valence-electron chi connectivity index (χ4n) is 3.21. The van der Waals surface area contributed by atoms with E-state index < -0.39 is 15.9 Å². The molecule has 4 rings (SSSR count). The van der Waals surface area contributed by atoms with Crippen LogP contribution in [0.15, 0.2) is 39.6 Å². The zero-order valence-corrected chi connectivity index (χ0v) is 16.8. The Labute approximate surface area is 167 Å². The second kappa shape index (κ2) is 7.41. The highest BCUT2D eigenvalue weighted by atomic mass is 32.2. The highest BCUT2D eigenvalue weighted by molar-refractivity contribution is 7.89. The van der Waals surface area contributed by atoms with Gasteiger partial charge in [-0.25, -0.2) is 8.42 Å². The molecular formula is C18H20N6O4S. The van der Waals surface area contributed by atoms with Crippen molar-refractivity contribution in [3.63, 3.8) is 0 Å². The molecule has 0 atom stereocenters. The first-order valence-electron chi connectivity index (χ1n) is 9.11. The quantitative estimate of drug-likeness (QED) is 0.673. The summed E-state index contributed by atoms with van der Waals surface area (Å²) in [5.74, 6) is -0.248. The zero-order chi connectivity index (χ0) is 20.6. The van der Waals surface area contributed by atoms with Crippen LogP contribution in [0.25, 0.3) is 11.6 Å². The van der Waals surface area contributed by atoms with Crippen LogP contribution in [0, 0.1) is 6.92 Å². The molecule has 0 saturated carbocycles. The van der Waals surface area contributed by atoms with E-state index in [0.717, 1.165) is 18.5 Å².